The van der Waals surface area contributed by atoms with Crippen molar-refractivity contribution in [3.05, 3.63) is 23.2 Å². The number of carboxylic acid groups (broad SMARTS) is 1. The van der Waals surface area contributed by atoms with E-state index in [-0.39, 0.29) is 6.54 Å². The number of ether oxygens (including phenoxy) is 1. The lowest BCUT2D eigenvalue weighted by Gasteiger charge is -2.10. The molecule has 0 saturated heterocycles. The standard InChI is InChI=1S/C12H14ClN3O5/c1-21-7-2-3-8(13)9(4-7)16-12(20)15-5-10(17)14-6-11(18)19/h2-4H,5-6H2,1H3,(H,14,17)(H,18,19)(H2,15,16,20). The van der Waals surface area contributed by atoms with Gasteiger partial charge in [0.05, 0.1) is 24.4 Å². The Hall–Kier alpha value is -2.48. The molecule has 0 aliphatic heterocycles. The first-order chi connectivity index (χ1) is 9.92. The van der Waals surface area contributed by atoms with Crippen molar-refractivity contribution in [3.63, 3.8) is 0 Å². The number of urea groups is 1. The van der Waals surface area contributed by atoms with Gasteiger partial charge >= 0.3 is 12.0 Å². The summed E-state index contributed by atoms with van der Waals surface area (Å²) < 4.78 is 4.99. The highest BCUT2D eigenvalue weighted by Gasteiger charge is 2.09. The molecule has 1 aromatic carbocycles. The molecular weight excluding hydrogens is 302 g/mol. The van der Waals surface area contributed by atoms with Crippen molar-refractivity contribution in [2.75, 3.05) is 25.5 Å². The molecule has 0 aliphatic carbocycles. The smallest absolute Gasteiger partial charge is 0.322 e. The summed E-state index contributed by atoms with van der Waals surface area (Å²) in [5.41, 5.74) is 0.319. The molecule has 21 heavy (non-hydrogen) atoms. The molecule has 0 bridgehead atoms. The Bertz CT molecular complexity index is 550. The van der Waals surface area contributed by atoms with Gasteiger partial charge in [-0.1, -0.05) is 11.6 Å². The average molecular weight is 316 g/mol. The largest absolute Gasteiger partial charge is 0.497 e. The number of methoxy groups -OCH3 is 1. The number of carboxylic acids is 1. The molecule has 0 heterocycles. The first-order valence-corrected chi connectivity index (χ1v) is 6.17. The van der Waals surface area contributed by atoms with Crippen LogP contribution in [-0.2, 0) is 9.59 Å². The van der Waals surface area contributed by atoms with Crippen LogP contribution in [0.5, 0.6) is 5.75 Å². The summed E-state index contributed by atoms with van der Waals surface area (Å²) in [6.45, 7) is -0.870. The SMILES string of the molecule is COc1ccc(Cl)c(NC(=O)NCC(=O)NCC(=O)O)c1. The van der Waals surface area contributed by atoms with Gasteiger partial charge in [-0.15, -0.1) is 0 Å². The van der Waals surface area contributed by atoms with Gasteiger partial charge < -0.3 is 25.8 Å². The summed E-state index contributed by atoms with van der Waals surface area (Å²) in [6, 6.07) is 4.04. The monoisotopic (exact) mass is 315 g/mol. The third kappa shape index (κ3) is 6.00. The Labute approximate surface area is 125 Å². The van der Waals surface area contributed by atoms with Crippen molar-refractivity contribution < 1.29 is 24.2 Å². The number of hydrogen-bond acceptors (Lipinski definition) is 4. The topological polar surface area (TPSA) is 117 Å². The quantitative estimate of drug-likeness (QED) is 0.615. The lowest BCUT2D eigenvalue weighted by atomic mass is 10.3. The first-order valence-electron chi connectivity index (χ1n) is 5.79. The molecular formula is C12H14ClN3O5. The van der Waals surface area contributed by atoms with E-state index in [1.807, 2.05) is 0 Å². The first kappa shape index (κ1) is 16.6. The number of nitrogens with one attached hydrogen (secondary N) is 3. The summed E-state index contributed by atoms with van der Waals surface area (Å²) >= 11 is 5.90. The van der Waals surface area contributed by atoms with E-state index in [1.165, 1.54) is 13.2 Å². The highest BCUT2D eigenvalue weighted by Crippen LogP contribution is 2.26. The van der Waals surface area contributed by atoms with E-state index in [0.29, 0.717) is 16.5 Å². The van der Waals surface area contributed by atoms with Crippen LogP contribution in [0.3, 0.4) is 0 Å². The van der Waals surface area contributed by atoms with E-state index in [1.54, 1.807) is 12.1 Å². The number of rotatable bonds is 6. The molecule has 9 heteroatoms. The molecule has 0 aliphatic rings. The van der Waals surface area contributed by atoms with Gasteiger partial charge in [0.2, 0.25) is 5.91 Å². The number of amides is 3. The summed E-state index contributed by atoms with van der Waals surface area (Å²) in [4.78, 5) is 33.0. The van der Waals surface area contributed by atoms with Gasteiger partial charge in [-0.3, -0.25) is 9.59 Å². The van der Waals surface area contributed by atoms with Gasteiger partial charge in [0.15, 0.2) is 0 Å². The average Bonchev–Trinajstić information content (AvgIpc) is 2.45. The second-order valence-corrected chi connectivity index (χ2v) is 4.23. The summed E-state index contributed by atoms with van der Waals surface area (Å²) in [5.74, 6) is -1.28. The number of aliphatic carboxylic acids is 1. The molecule has 0 spiro atoms. The molecule has 4 N–H and O–H groups in total. The van der Waals surface area contributed by atoms with Crippen LogP contribution in [0.25, 0.3) is 0 Å². The number of hydrogen-bond donors (Lipinski definition) is 4. The van der Waals surface area contributed by atoms with Crippen LogP contribution in [0, 0.1) is 0 Å². The summed E-state index contributed by atoms with van der Waals surface area (Å²) in [6.07, 6.45) is 0. The van der Waals surface area contributed by atoms with Crippen molar-refractivity contribution in [2.45, 2.75) is 0 Å². The molecule has 1 rings (SSSR count). The molecule has 0 saturated carbocycles. The van der Waals surface area contributed by atoms with Crippen LogP contribution in [0.2, 0.25) is 5.02 Å². The van der Waals surface area contributed by atoms with E-state index in [9.17, 15) is 14.4 Å². The maximum absolute atomic E-state index is 11.6. The van der Waals surface area contributed by atoms with Crippen LogP contribution in [0.4, 0.5) is 10.5 Å². The summed E-state index contributed by atoms with van der Waals surface area (Å²) in [7, 11) is 1.47. The number of halogens is 1. The van der Waals surface area contributed by atoms with E-state index in [0.717, 1.165) is 0 Å². The number of carbonyl (C=O) groups excluding carboxylic acids is 2. The van der Waals surface area contributed by atoms with Gasteiger partial charge in [-0.2, -0.15) is 0 Å². The Morgan fingerprint density at radius 2 is 1.95 bits per heavy atom. The highest BCUT2D eigenvalue weighted by molar-refractivity contribution is 6.33. The molecule has 0 fully saturated rings. The van der Waals surface area contributed by atoms with Crippen molar-refractivity contribution in [1.82, 2.24) is 10.6 Å². The number of carbonyl (C=O) groups is 3. The number of benzene rings is 1. The molecule has 3 amide bonds. The fraction of sp³-hybridized carbons (Fsp3) is 0.250. The lowest BCUT2D eigenvalue weighted by molar-refractivity contribution is -0.137. The van der Waals surface area contributed by atoms with E-state index >= 15 is 0 Å². The van der Waals surface area contributed by atoms with Crippen molar-refractivity contribution in [3.8, 4) is 5.75 Å². The molecule has 0 atom stereocenters. The van der Waals surface area contributed by atoms with Crippen LogP contribution >= 0.6 is 11.6 Å². The van der Waals surface area contributed by atoms with E-state index < -0.39 is 24.5 Å². The molecule has 0 radical (unpaired) electrons. The number of anilines is 1. The maximum atomic E-state index is 11.6. The highest BCUT2D eigenvalue weighted by atomic mass is 35.5. The van der Waals surface area contributed by atoms with Crippen LogP contribution in [0.15, 0.2) is 18.2 Å². The second kappa shape index (κ2) is 7.95. The lowest BCUT2D eigenvalue weighted by Crippen LogP contribution is -2.40. The molecule has 0 aromatic heterocycles. The van der Waals surface area contributed by atoms with Crippen molar-refractivity contribution in [1.29, 1.82) is 0 Å². The van der Waals surface area contributed by atoms with Crippen LogP contribution in [0.1, 0.15) is 0 Å². The van der Waals surface area contributed by atoms with Gasteiger partial charge in [0.1, 0.15) is 12.3 Å². The van der Waals surface area contributed by atoms with Crippen LogP contribution < -0.4 is 20.7 Å². The fourth-order valence-electron chi connectivity index (χ4n) is 1.29. The zero-order valence-corrected chi connectivity index (χ0v) is 11.9. The van der Waals surface area contributed by atoms with Gasteiger partial charge in [-0.05, 0) is 12.1 Å². The zero-order valence-electron chi connectivity index (χ0n) is 11.1. The molecule has 8 nitrogen and oxygen atoms in total. The maximum Gasteiger partial charge on any atom is 0.322 e. The van der Waals surface area contributed by atoms with E-state index in [4.69, 9.17) is 21.4 Å². The minimum Gasteiger partial charge on any atom is -0.497 e. The molecule has 0 unspecified atom stereocenters. The van der Waals surface area contributed by atoms with Gasteiger partial charge in [-0.25, -0.2) is 4.79 Å². The van der Waals surface area contributed by atoms with Crippen LogP contribution in [-0.4, -0.2) is 43.2 Å². The van der Waals surface area contributed by atoms with Gasteiger partial charge in [0.25, 0.3) is 0 Å². The predicted octanol–water partition coefficient (Wildman–Crippen LogP) is 0.671. The normalized spacial score (nSPS) is 9.62. The Kier molecular flexibility index (Phi) is 6.28. The fourth-order valence-corrected chi connectivity index (χ4v) is 1.46. The van der Waals surface area contributed by atoms with E-state index in [2.05, 4.69) is 16.0 Å². The third-order valence-corrected chi connectivity index (χ3v) is 2.60. The Balaban J connectivity index is 2.47. The van der Waals surface area contributed by atoms with Crippen molar-refractivity contribution in [2.24, 2.45) is 0 Å². The minimum absolute atomic E-state index is 0.307. The second-order valence-electron chi connectivity index (χ2n) is 3.82. The predicted molar refractivity (Wildman–Crippen MR) is 75.7 cm³/mol. The molecule has 114 valence electrons. The third-order valence-electron chi connectivity index (χ3n) is 2.27. The Morgan fingerprint density at radius 1 is 1.24 bits per heavy atom. The Morgan fingerprint density at radius 3 is 2.57 bits per heavy atom. The summed E-state index contributed by atoms with van der Waals surface area (Å²) in [5, 5.41) is 15.5. The van der Waals surface area contributed by atoms with Crippen molar-refractivity contribution >= 4 is 35.2 Å². The zero-order chi connectivity index (χ0) is 15.8. The minimum atomic E-state index is -1.17. The van der Waals surface area contributed by atoms with Gasteiger partial charge in [0, 0.05) is 6.07 Å². The molecule has 1 aromatic rings.